The van der Waals surface area contributed by atoms with E-state index in [9.17, 15) is 19.5 Å². The van der Waals surface area contributed by atoms with Gasteiger partial charge in [-0.25, -0.2) is 4.79 Å². The fourth-order valence-electron chi connectivity index (χ4n) is 3.27. The number of rotatable bonds is 7. The summed E-state index contributed by atoms with van der Waals surface area (Å²) in [6.07, 6.45) is 4.72. The number of hydrogen-bond acceptors (Lipinski definition) is 5. The lowest BCUT2D eigenvalue weighted by molar-refractivity contribution is -0.146. The van der Waals surface area contributed by atoms with Gasteiger partial charge < -0.3 is 20.5 Å². The number of ether oxygens (including phenoxy) is 1. The molecule has 1 fully saturated rings. The first kappa shape index (κ1) is 21.4. The van der Waals surface area contributed by atoms with E-state index in [0.717, 1.165) is 36.6 Å². The largest absolute Gasteiger partial charge is 0.467 e. The molecule has 0 radical (unpaired) electrons. The van der Waals surface area contributed by atoms with E-state index in [1.807, 2.05) is 0 Å². The topological polar surface area (TPSA) is 105 Å². The van der Waals surface area contributed by atoms with Gasteiger partial charge in [-0.1, -0.05) is 35.2 Å². The average molecular weight is 441 g/mol. The van der Waals surface area contributed by atoms with Crippen LogP contribution in [0, 0.1) is 5.92 Å². The van der Waals surface area contributed by atoms with Gasteiger partial charge in [0.05, 0.1) is 13.7 Å². The molecule has 27 heavy (non-hydrogen) atoms. The van der Waals surface area contributed by atoms with Crippen LogP contribution in [-0.4, -0.2) is 48.7 Å². The molecule has 1 aromatic carbocycles. The molecule has 1 aromatic rings. The lowest BCUT2D eigenvalue weighted by Gasteiger charge is -2.31. The Balaban J connectivity index is 2.14. The molecule has 2 atom stereocenters. The van der Waals surface area contributed by atoms with Gasteiger partial charge in [0, 0.05) is 10.0 Å². The van der Waals surface area contributed by atoms with Gasteiger partial charge >= 0.3 is 5.97 Å². The van der Waals surface area contributed by atoms with Crippen LogP contribution in [0.3, 0.4) is 0 Å². The van der Waals surface area contributed by atoms with Crippen molar-refractivity contribution >= 4 is 33.7 Å². The number of carbonyl (C=O) groups excluding carboxylic acids is 3. The molecule has 0 heterocycles. The van der Waals surface area contributed by atoms with Crippen LogP contribution in [-0.2, 0) is 14.3 Å². The second-order valence-corrected chi connectivity index (χ2v) is 7.54. The summed E-state index contributed by atoms with van der Waals surface area (Å²) in [4.78, 5) is 37.1. The van der Waals surface area contributed by atoms with E-state index in [1.165, 1.54) is 7.11 Å². The van der Waals surface area contributed by atoms with Crippen molar-refractivity contribution in [1.29, 1.82) is 0 Å². The molecule has 148 valence electrons. The van der Waals surface area contributed by atoms with Crippen LogP contribution < -0.4 is 10.6 Å². The lowest BCUT2D eigenvalue weighted by Crippen LogP contribution is -2.55. The maximum absolute atomic E-state index is 12.8. The third-order valence-corrected chi connectivity index (χ3v) is 5.31. The molecule has 1 aliphatic carbocycles. The molecule has 0 spiro atoms. The predicted molar refractivity (Wildman–Crippen MR) is 103 cm³/mol. The van der Waals surface area contributed by atoms with Gasteiger partial charge in [0.25, 0.3) is 5.91 Å². The minimum Gasteiger partial charge on any atom is -0.467 e. The van der Waals surface area contributed by atoms with E-state index in [4.69, 9.17) is 0 Å². The number of hydrogen-bond donors (Lipinski definition) is 3. The fourth-order valence-corrected chi connectivity index (χ4v) is 3.54. The summed E-state index contributed by atoms with van der Waals surface area (Å²) in [6.45, 7) is -0.573. The second kappa shape index (κ2) is 10.4. The quantitative estimate of drug-likeness (QED) is 0.560. The van der Waals surface area contributed by atoms with Crippen LogP contribution in [0.1, 0.15) is 42.5 Å². The normalized spacial score (nSPS) is 16.9. The van der Waals surface area contributed by atoms with Gasteiger partial charge in [0.15, 0.2) is 6.04 Å². The molecule has 1 unspecified atom stereocenters. The Morgan fingerprint density at radius 2 is 1.78 bits per heavy atom. The van der Waals surface area contributed by atoms with E-state index in [1.54, 1.807) is 24.3 Å². The first-order valence-electron chi connectivity index (χ1n) is 9.01. The van der Waals surface area contributed by atoms with Gasteiger partial charge in [-0.15, -0.1) is 0 Å². The predicted octanol–water partition coefficient (Wildman–Crippen LogP) is 1.78. The summed E-state index contributed by atoms with van der Waals surface area (Å²) in [5.41, 5.74) is 0.443. The SMILES string of the molecule is COC(=O)[C@H](CO)NC(=O)C(NC(=O)c1ccc(Br)cc1)C1CCCCC1. The number of esters is 1. The summed E-state index contributed by atoms with van der Waals surface area (Å²) in [5, 5.41) is 14.7. The van der Waals surface area contributed by atoms with Gasteiger partial charge in [-0.05, 0) is 43.0 Å². The maximum atomic E-state index is 12.8. The molecule has 3 N–H and O–H groups in total. The highest BCUT2D eigenvalue weighted by Gasteiger charge is 2.33. The molecule has 0 aliphatic heterocycles. The standard InChI is InChI=1S/C19H25BrN2O5/c1-27-19(26)15(11-23)21-18(25)16(12-5-3-2-4-6-12)22-17(24)13-7-9-14(20)10-8-13/h7-10,12,15-16,23H,2-6,11H2,1H3,(H,21,25)(H,22,24)/t15-,16?/m0/s1. The molecule has 2 rings (SSSR count). The van der Waals surface area contributed by atoms with Crippen LogP contribution in [0.15, 0.2) is 28.7 Å². The molecule has 8 heteroatoms. The van der Waals surface area contributed by atoms with E-state index in [0.29, 0.717) is 5.56 Å². The zero-order valence-electron chi connectivity index (χ0n) is 15.2. The number of aliphatic hydroxyl groups excluding tert-OH is 1. The minimum absolute atomic E-state index is 0.0184. The number of halogens is 1. The zero-order chi connectivity index (χ0) is 19.8. The molecule has 0 saturated heterocycles. The first-order chi connectivity index (χ1) is 13.0. The van der Waals surface area contributed by atoms with Crippen molar-refractivity contribution in [2.45, 2.75) is 44.2 Å². The van der Waals surface area contributed by atoms with E-state index < -0.39 is 30.6 Å². The Hall–Kier alpha value is -1.93. The Bertz CT molecular complexity index is 659. The van der Waals surface area contributed by atoms with E-state index in [2.05, 4.69) is 31.3 Å². The van der Waals surface area contributed by atoms with Crippen LogP contribution in [0.2, 0.25) is 0 Å². The maximum Gasteiger partial charge on any atom is 0.330 e. The molecule has 7 nitrogen and oxygen atoms in total. The van der Waals surface area contributed by atoms with Crippen LogP contribution in [0.5, 0.6) is 0 Å². The number of methoxy groups -OCH3 is 1. The van der Waals surface area contributed by atoms with Crippen molar-refractivity contribution in [2.75, 3.05) is 13.7 Å². The first-order valence-corrected chi connectivity index (χ1v) is 9.81. The number of nitrogens with one attached hydrogen (secondary N) is 2. The molecule has 2 amide bonds. The number of benzene rings is 1. The van der Waals surface area contributed by atoms with Crippen molar-refractivity contribution in [1.82, 2.24) is 10.6 Å². The average Bonchev–Trinajstić information content (AvgIpc) is 2.70. The summed E-state index contributed by atoms with van der Waals surface area (Å²) >= 11 is 3.32. The smallest absolute Gasteiger partial charge is 0.330 e. The third-order valence-electron chi connectivity index (χ3n) is 4.78. The second-order valence-electron chi connectivity index (χ2n) is 6.62. The summed E-state index contributed by atoms with van der Waals surface area (Å²) in [5.74, 6) is -1.59. The molecular formula is C19H25BrN2O5. The fraction of sp³-hybridized carbons (Fsp3) is 0.526. The molecule has 1 aliphatic rings. The zero-order valence-corrected chi connectivity index (χ0v) is 16.8. The number of carbonyl (C=O) groups is 3. The van der Waals surface area contributed by atoms with Crippen LogP contribution >= 0.6 is 15.9 Å². The highest BCUT2D eigenvalue weighted by molar-refractivity contribution is 9.10. The minimum atomic E-state index is -1.15. The Morgan fingerprint density at radius 3 is 2.33 bits per heavy atom. The summed E-state index contributed by atoms with van der Waals surface area (Å²) in [6, 6.07) is 4.91. The molecule has 0 aromatic heterocycles. The Kier molecular flexibility index (Phi) is 8.24. The van der Waals surface area contributed by atoms with E-state index >= 15 is 0 Å². The summed E-state index contributed by atoms with van der Waals surface area (Å²) in [7, 11) is 1.19. The lowest BCUT2D eigenvalue weighted by atomic mass is 9.83. The summed E-state index contributed by atoms with van der Waals surface area (Å²) < 4.78 is 5.44. The van der Waals surface area contributed by atoms with Gasteiger partial charge in [0.1, 0.15) is 6.04 Å². The van der Waals surface area contributed by atoms with Gasteiger partial charge in [0.2, 0.25) is 5.91 Å². The Morgan fingerprint density at radius 1 is 1.15 bits per heavy atom. The molecule has 1 saturated carbocycles. The van der Waals surface area contributed by atoms with Crippen molar-refractivity contribution in [3.05, 3.63) is 34.3 Å². The van der Waals surface area contributed by atoms with Crippen molar-refractivity contribution in [2.24, 2.45) is 5.92 Å². The van der Waals surface area contributed by atoms with Gasteiger partial charge in [-0.3, -0.25) is 9.59 Å². The van der Waals surface area contributed by atoms with Crippen LogP contribution in [0.25, 0.3) is 0 Å². The monoisotopic (exact) mass is 440 g/mol. The van der Waals surface area contributed by atoms with Crippen LogP contribution in [0.4, 0.5) is 0 Å². The highest BCUT2D eigenvalue weighted by Crippen LogP contribution is 2.27. The van der Waals surface area contributed by atoms with E-state index in [-0.39, 0.29) is 11.8 Å². The molecular weight excluding hydrogens is 416 g/mol. The molecule has 0 bridgehead atoms. The third kappa shape index (κ3) is 6.04. The number of aliphatic hydroxyl groups is 1. The van der Waals surface area contributed by atoms with Crippen molar-refractivity contribution in [3.8, 4) is 0 Å². The van der Waals surface area contributed by atoms with Crippen molar-refractivity contribution in [3.63, 3.8) is 0 Å². The van der Waals surface area contributed by atoms with Crippen molar-refractivity contribution < 1.29 is 24.2 Å². The Labute approximate surface area is 167 Å². The van der Waals surface area contributed by atoms with Gasteiger partial charge in [-0.2, -0.15) is 0 Å². The highest BCUT2D eigenvalue weighted by atomic mass is 79.9. The number of amides is 2.